The summed E-state index contributed by atoms with van der Waals surface area (Å²) in [6, 6.07) is 5.55. The first-order valence-electron chi connectivity index (χ1n) is 6.62. The van der Waals surface area contributed by atoms with Crippen molar-refractivity contribution >= 4 is 5.84 Å². The molecule has 1 atom stereocenters. The Labute approximate surface area is 119 Å². The van der Waals surface area contributed by atoms with Crippen molar-refractivity contribution in [1.82, 2.24) is 5.32 Å². The minimum atomic E-state index is -0.259. The Hall–Kier alpha value is -1.79. The van der Waals surface area contributed by atoms with Crippen molar-refractivity contribution in [3.63, 3.8) is 0 Å². The maximum Gasteiger partial charge on any atom is 0.173 e. The number of hydrogen-bond donors (Lipinski definition) is 4. The summed E-state index contributed by atoms with van der Waals surface area (Å²) in [6.07, 6.45) is 1.44. The Bertz CT molecular complexity index is 447. The molecule has 0 amide bonds. The molecule has 0 aliphatic rings. The number of rotatable bonds is 8. The normalized spacial score (nSPS) is 13.2. The van der Waals surface area contributed by atoms with Crippen LogP contribution in [0, 0.1) is 0 Å². The molecule has 0 saturated carbocycles. The fourth-order valence-electron chi connectivity index (χ4n) is 1.87. The van der Waals surface area contributed by atoms with Crippen LogP contribution in [0.25, 0.3) is 0 Å². The number of nitrogens with one attached hydrogen (secondary N) is 1. The Morgan fingerprint density at radius 3 is 2.85 bits per heavy atom. The van der Waals surface area contributed by atoms with E-state index in [-0.39, 0.29) is 11.9 Å². The summed E-state index contributed by atoms with van der Waals surface area (Å²) in [5.41, 5.74) is 7.21. The Morgan fingerprint density at radius 2 is 2.25 bits per heavy atom. The van der Waals surface area contributed by atoms with E-state index in [0.717, 1.165) is 24.9 Å². The first-order chi connectivity index (χ1) is 9.58. The van der Waals surface area contributed by atoms with Gasteiger partial charge in [-0.25, -0.2) is 0 Å². The van der Waals surface area contributed by atoms with E-state index in [2.05, 4.69) is 10.5 Å². The number of nitrogens with zero attached hydrogens (tertiary/aromatic N) is 1. The lowest BCUT2D eigenvalue weighted by Crippen LogP contribution is -2.18. The molecule has 6 nitrogen and oxygen atoms in total. The Kier molecular flexibility index (Phi) is 6.83. The molecule has 0 bridgehead atoms. The van der Waals surface area contributed by atoms with Crippen molar-refractivity contribution in [2.24, 2.45) is 10.9 Å². The highest BCUT2D eigenvalue weighted by Crippen LogP contribution is 2.19. The van der Waals surface area contributed by atoms with Crippen LogP contribution in [0.2, 0.25) is 0 Å². The maximum absolute atomic E-state index is 9.16. The van der Waals surface area contributed by atoms with E-state index < -0.39 is 0 Å². The fourth-order valence-corrected chi connectivity index (χ4v) is 1.87. The van der Waals surface area contributed by atoms with Gasteiger partial charge in [0.15, 0.2) is 5.84 Å². The van der Waals surface area contributed by atoms with Crippen molar-refractivity contribution in [1.29, 1.82) is 0 Å². The lowest BCUT2D eigenvalue weighted by molar-refractivity contribution is 0.181. The number of hydrogen-bond acceptors (Lipinski definition) is 5. The Balaban J connectivity index is 2.59. The van der Waals surface area contributed by atoms with Crippen LogP contribution in [0.1, 0.15) is 30.9 Å². The van der Waals surface area contributed by atoms with Gasteiger partial charge in [0.1, 0.15) is 5.75 Å². The topological polar surface area (TPSA) is 100 Å². The van der Waals surface area contributed by atoms with Gasteiger partial charge in [-0.1, -0.05) is 11.2 Å². The number of amidine groups is 1. The van der Waals surface area contributed by atoms with Crippen molar-refractivity contribution in [3.8, 4) is 5.75 Å². The highest BCUT2D eigenvalue weighted by atomic mass is 16.5. The fraction of sp³-hybridized carbons (Fsp3) is 0.500. The average molecular weight is 281 g/mol. The largest absolute Gasteiger partial charge is 0.496 e. The summed E-state index contributed by atoms with van der Waals surface area (Å²) < 4.78 is 5.17. The monoisotopic (exact) mass is 281 g/mol. The quantitative estimate of drug-likeness (QED) is 0.187. The third kappa shape index (κ3) is 5.07. The molecular weight excluding hydrogens is 258 g/mol. The van der Waals surface area contributed by atoms with Crippen LogP contribution in [0.4, 0.5) is 0 Å². The molecule has 0 aromatic heterocycles. The zero-order chi connectivity index (χ0) is 15.0. The van der Waals surface area contributed by atoms with Gasteiger partial charge in [-0.15, -0.1) is 0 Å². The van der Waals surface area contributed by atoms with Crippen molar-refractivity contribution < 1.29 is 15.1 Å². The van der Waals surface area contributed by atoms with Crippen molar-refractivity contribution in [2.45, 2.75) is 32.4 Å². The van der Waals surface area contributed by atoms with Gasteiger partial charge in [0.25, 0.3) is 0 Å². The lowest BCUT2D eigenvalue weighted by atomic mass is 10.1. The molecule has 0 saturated heterocycles. The summed E-state index contributed by atoms with van der Waals surface area (Å²) >= 11 is 0. The first-order valence-corrected chi connectivity index (χ1v) is 6.62. The molecule has 1 aromatic rings. The van der Waals surface area contributed by atoms with Gasteiger partial charge in [0.05, 0.1) is 18.8 Å². The number of nitrogens with two attached hydrogens (primary N) is 1. The second-order valence-electron chi connectivity index (χ2n) is 4.69. The van der Waals surface area contributed by atoms with E-state index >= 15 is 0 Å². The summed E-state index contributed by atoms with van der Waals surface area (Å²) in [5, 5.41) is 24.2. The Morgan fingerprint density at radius 1 is 1.50 bits per heavy atom. The summed E-state index contributed by atoms with van der Waals surface area (Å²) in [5.74, 6) is 0.593. The predicted molar refractivity (Wildman–Crippen MR) is 78.1 cm³/mol. The van der Waals surface area contributed by atoms with E-state index in [9.17, 15) is 0 Å². The van der Waals surface area contributed by atoms with Gasteiger partial charge in [0, 0.05) is 6.54 Å². The third-order valence-electron chi connectivity index (χ3n) is 2.95. The molecule has 1 aromatic carbocycles. The zero-order valence-corrected chi connectivity index (χ0v) is 12.0. The van der Waals surface area contributed by atoms with Gasteiger partial charge >= 0.3 is 0 Å². The molecule has 1 unspecified atom stereocenters. The molecule has 0 spiro atoms. The molecule has 0 heterocycles. The smallest absolute Gasteiger partial charge is 0.173 e. The molecule has 6 heteroatoms. The molecule has 0 aliphatic carbocycles. The number of benzene rings is 1. The van der Waals surface area contributed by atoms with E-state index in [1.54, 1.807) is 13.0 Å². The first kappa shape index (κ1) is 16.3. The van der Waals surface area contributed by atoms with Crippen molar-refractivity contribution in [2.75, 3.05) is 13.7 Å². The zero-order valence-electron chi connectivity index (χ0n) is 12.0. The SMILES string of the molecule is COc1ccc(CNCCCC(C)O)cc1/C(N)=N/O. The van der Waals surface area contributed by atoms with Crippen LogP contribution in [0.15, 0.2) is 23.4 Å². The maximum atomic E-state index is 9.16. The summed E-state index contributed by atoms with van der Waals surface area (Å²) in [7, 11) is 1.54. The van der Waals surface area contributed by atoms with Gasteiger partial charge in [-0.3, -0.25) is 0 Å². The van der Waals surface area contributed by atoms with Gasteiger partial charge < -0.3 is 26.1 Å². The van der Waals surface area contributed by atoms with Gasteiger partial charge in [-0.2, -0.15) is 0 Å². The minimum Gasteiger partial charge on any atom is -0.496 e. The van der Waals surface area contributed by atoms with Crippen LogP contribution in [-0.4, -0.2) is 35.9 Å². The average Bonchev–Trinajstić information content (AvgIpc) is 2.45. The number of methoxy groups -OCH3 is 1. The molecule has 5 N–H and O–H groups in total. The van der Waals surface area contributed by atoms with Crippen LogP contribution < -0.4 is 15.8 Å². The lowest BCUT2D eigenvalue weighted by Gasteiger charge is -2.10. The molecule has 112 valence electrons. The van der Waals surface area contributed by atoms with E-state index in [1.165, 1.54) is 7.11 Å². The van der Waals surface area contributed by atoms with Crippen LogP contribution in [0.5, 0.6) is 5.75 Å². The summed E-state index contributed by atoms with van der Waals surface area (Å²) in [4.78, 5) is 0. The minimum absolute atomic E-state index is 0.0257. The highest BCUT2D eigenvalue weighted by Gasteiger charge is 2.08. The van der Waals surface area contributed by atoms with Crippen LogP contribution in [-0.2, 0) is 6.54 Å². The van der Waals surface area contributed by atoms with E-state index in [1.807, 2.05) is 12.1 Å². The third-order valence-corrected chi connectivity index (χ3v) is 2.95. The number of aliphatic hydroxyl groups is 1. The van der Waals surface area contributed by atoms with Crippen LogP contribution >= 0.6 is 0 Å². The molecule has 0 fully saturated rings. The molecule has 0 aliphatic heterocycles. The van der Waals surface area contributed by atoms with E-state index in [4.69, 9.17) is 20.8 Å². The predicted octanol–water partition coefficient (Wildman–Crippen LogP) is 1.04. The van der Waals surface area contributed by atoms with Gasteiger partial charge in [0.2, 0.25) is 0 Å². The second-order valence-corrected chi connectivity index (χ2v) is 4.69. The highest BCUT2D eigenvalue weighted by molar-refractivity contribution is 5.99. The molecule has 20 heavy (non-hydrogen) atoms. The van der Waals surface area contributed by atoms with Gasteiger partial charge in [-0.05, 0) is 44.0 Å². The summed E-state index contributed by atoms with van der Waals surface area (Å²) in [6.45, 7) is 3.29. The molecule has 1 rings (SSSR count). The number of aliphatic hydroxyl groups excluding tert-OH is 1. The van der Waals surface area contributed by atoms with Crippen molar-refractivity contribution in [3.05, 3.63) is 29.3 Å². The number of ether oxygens (including phenoxy) is 1. The number of oxime groups is 1. The van der Waals surface area contributed by atoms with Crippen LogP contribution in [0.3, 0.4) is 0 Å². The standard InChI is InChI=1S/C14H23N3O3/c1-10(18)4-3-7-16-9-11-5-6-13(20-2)12(8-11)14(15)17-19/h5-6,8,10,16,18-19H,3-4,7,9H2,1-2H3,(H2,15,17). The second kappa shape index (κ2) is 8.39. The van der Waals surface area contributed by atoms with E-state index in [0.29, 0.717) is 17.9 Å². The molecule has 0 radical (unpaired) electrons. The molecular formula is C14H23N3O3.